The molecule has 0 aromatic heterocycles. The monoisotopic (exact) mass is 338 g/mol. The average Bonchev–Trinajstić information content (AvgIpc) is 1.88. The molecular weight excluding hydrogens is 327 g/mol. The first-order valence-corrected chi connectivity index (χ1v) is 11.4. The molecular formula is C6H8O3SeTe. The standard InChI is InChI=1S/C6H6.H2O3SeTe/c1-2-4-6-5-3-1;1-5(2,3)4/h1-6H;(H2,1,2,3,4). The van der Waals surface area contributed by atoms with Crippen molar-refractivity contribution in [3.63, 3.8) is 0 Å². The molecule has 0 amide bonds. The predicted octanol–water partition coefficient (Wildman–Crippen LogP) is -0.308. The second kappa shape index (κ2) is 5.84. The van der Waals surface area contributed by atoms with E-state index in [1.807, 2.05) is 36.4 Å². The first kappa shape index (κ1) is 11.2. The number of hydrogen-bond acceptors (Lipinski definition) is 1. The van der Waals surface area contributed by atoms with E-state index in [1.54, 1.807) is 12.3 Å². The van der Waals surface area contributed by atoms with Gasteiger partial charge in [0.1, 0.15) is 0 Å². The SMILES string of the molecule is O=[Te](O)(O)=[Se].c1ccccc1. The Hall–Kier alpha value is 0.249. The van der Waals surface area contributed by atoms with Gasteiger partial charge in [-0.25, -0.2) is 0 Å². The van der Waals surface area contributed by atoms with E-state index in [9.17, 15) is 3.10 Å². The first-order chi connectivity index (χ1) is 5.00. The molecule has 0 bridgehead atoms. The Balaban J connectivity index is 0.000000187. The van der Waals surface area contributed by atoms with Crippen molar-refractivity contribution < 1.29 is 10.0 Å². The van der Waals surface area contributed by atoms with Crippen LogP contribution in [-0.4, -0.2) is 35.4 Å². The molecule has 1 aromatic carbocycles. The van der Waals surface area contributed by atoms with Gasteiger partial charge in [-0.15, -0.1) is 0 Å². The van der Waals surface area contributed by atoms with Crippen molar-refractivity contribution in [1.82, 2.24) is 0 Å². The molecule has 0 atom stereocenters. The number of hydrogen-bond donors (Lipinski definition) is 2. The van der Waals surface area contributed by atoms with Gasteiger partial charge < -0.3 is 0 Å². The molecule has 0 radical (unpaired) electrons. The van der Waals surface area contributed by atoms with Crippen molar-refractivity contribution in [3.05, 3.63) is 36.4 Å². The summed E-state index contributed by atoms with van der Waals surface area (Å²) in [5.41, 5.74) is 0. The van der Waals surface area contributed by atoms with Crippen LogP contribution in [0, 0.1) is 0 Å². The molecule has 0 heterocycles. The molecule has 0 fully saturated rings. The summed E-state index contributed by atoms with van der Waals surface area (Å²) in [5.74, 6) is 0. The van der Waals surface area contributed by atoms with Crippen LogP contribution in [0.3, 0.4) is 0 Å². The maximum atomic E-state index is 9.35. The van der Waals surface area contributed by atoms with Gasteiger partial charge in [-0.1, -0.05) is 36.4 Å². The van der Waals surface area contributed by atoms with Crippen LogP contribution in [0.1, 0.15) is 0 Å². The van der Waals surface area contributed by atoms with Crippen molar-refractivity contribution in [2.75, 3.05) is 0 Å². The molecule has 0 unspecified atom stereocenters. The van der Waals surface area contributed by atoms with Gasteiger partial charge in [0, 0.05) is 0 Å². The fourth-order valence-electron chi connectivity index (χ4n) is 0.385. The van der Waals surface area contributed by atoms with Crippen molar-refractivity contribution in [1.29, 1.82) is 0 Å². The fraction of sp³-hybridized carbons (Fsp3) is 0. The summed E-state index contributed by atoms with van der Waals surface area (Å²) >= 11 is -2.67. The average molecular weight is 335 g/mol. The second-order valence-electron chi connectivity index (χ2n) is 1.60. The predicted molar refractivity (Wildman–Crippen MR) is 43.1 cm³/mol. The third kappa shape index (κ3) is 17.9. The molecule has 2 N–H and O–H groups in total. The third-order valence-corrected chi connectivity index (χ3v) is 0.667. The summed E-state index contributed by atoms with van der Waals surface area (Å²) in [6.07, 6.45) is 0. The van der Waals surface area contributed by atoms with Crippen LogP contribution in [-0.2, 0) is 3.10 Å². The van der Waals surface area contributed by atoms with E-state index in [1.165, 1.54) is 0 Å². The van der Waals surface area contributed by atoms with E-state index in [4.69, 9.17) is 6.94 Å². The van der Waals surface area contributed by atoms with Crippen molar-refractivity contribution in [2.45, 2.75) is 0 Å². The first-order valence-electron chi connectivity index (χ1n) is 2.70. The summed E-state index contributed by atoms with van der Waals surface area (Å²) < 4.78 is 24.7. The molecule has 1 rings (SSSR count). The van der Waals surface area contributed by atoms with Crippen LogP contribution >= 0.6 is 0 Å². The Morgan fingerprint density at radius 1 is 0.909 bits per heavy atom. The van der Waals surface area contributed by atoms with E-state index in [0.717, 1.165) is 0 Å². The molecule has 0 saturated heterocycles. The van der Waals surface area contributed by atoms with Crippen LogP contribution in [0.4, 0.5) is 0 Å². The molecule has 0 saturated carbocycles. The smallest absolute Gasteiger partial charge is 0.0623 e. The van der Waals surface area contributed by atoms with Gasteiger partial charge in [-0.3, -0.25) is 0 Å². The Morgan fingerprint density at radius 3 is 1.09 bits per heavy atom. The molecule has 0 spiro atoms. The zero-order chi connectivity index (χ0) is 8.74. The maximum Gasteiger partial charge on any atom is -0.0623 e. The van der Waals surface area contributed by atoms with E-state index in [-0.39, 0.29) is 0 Å². The van der Waals surface area contributed by atoms with E-state index in [0.29, 0.717) is 0 Å². The van der Waals surface area contributed by atoms with Gasteiger partial charge in [0.15, 0.2) is 0 Å². The molecule has 5 heteroatoms. The van der Waals surface area contributed by atoms with Crippen LogP contribution < -0.4 is 0 Å². The Kier molecular flexibility index (Phi) is 5.98. The number of rotatable bonds is 0. The van der Waals surface area contributed by atoms with Crippen molar-refractivity contribution in [3.8, 4) is 0 Å². The van der Waals surface area contributed by atoms with E-state index < -0.39 is 16.2 Å². The second-order valence-corrected chi connectivity index (χ2v) is 10.3. The zero-order valence-electron chi connectivity index (χ0n) is 5.58. The Morgan fingerprint density at radius 2 is 1.00 bits per heavy atom. The fourth-order valence-corrected chi connectivity index (χ4v) is 0.385. The minimum Gasteiger partial charge on any atom is -0.0623 e. The van der Waals surface area contributed by atoms with Crippen LogP contribution in [0.5, 0.6) is 0 Å². The summed E-state index contributed by atoms with van der Waals surface area (Å²) in [5, 5.41) is 0. The summed E-state index contributed by atoms with van der Waals surface area (Å²) in [7, 11) is 0. The van der Waals surface area contributed by atoms with E-state index >= 15 is 0 Å². The third-order valence-electron chi connectivity index (χ3n) is 0.667. The van der Waals surface area contributed by atoms with Gasteiger partial charge in [0.05, 0.1) is 0 Å². The molecule has 0 aliphatic carbocycles. The molecule has 0 aliphatic heterocycles. The zero-order valence-corrected chi connectivity index (χ0v) is 9.63. The molecule has 1 aromatic rings. The van der Waals surface area contributed by atoms with Gasteiger partial charge in [0.25, 0.3) is 0 Å². The van der Waals surface area contributed by atoms with Gasteiger partial charge in [-0.2, -0.15) is 0 Å². The van der Waals surface area contributed by atoms with Crippen LogP contribution in [0.2, 0.25) is 0 Å². The Bertz CT molecular complexity index is 234. The largest absolute Gasteiger partial charge is 0.0623 e. The quantitative estimate of drug-likeness (QED) is 0.640. The summed E-state index contributed by atoms with van der Waals surface area (Å²) in [4.78, 5) is 0. The van der Waals surface area contributed by atoms with Crippen LogP contribution in [0.15, 0.2) is 36.4 Å². The molecule has 62 valence electrons. The normalized spacial score (nSPS) is 9.64. The Labute approximate surface area is 74.6 Å². The molecule has 3 nitrogen and oxygen atoms in total. The summed E-state index contributed by atoms with van der Waals surface area (Å²) in [6.45, 7) is 0. The van der Waals surface area contributed by atoms with Gasteiger partial charge >= 0.3 is 38.5 Å². The van der Waals surface area contributed by atoms with Crippen molar-refractivity contribution in [2.24, 2.45) is 0 Å². The molecule has 0 aliphatic rings. The van der Waals surface area contributed by atoms with Gasteiger partial charge in [-0.05, 0) is 0 Å². The minimum atomic E-state index is -4.39. The number of benzene rings is 1. The summed E-state index contributed by atoms with van der Waals surface area (Å²) in [6, 6.07) is 12.0. The maximum absolute atomic E-state index is 9.35. The topological polar surface area (TPSA) is 57.5 Å². The van der Waals surface area contributed by atoms with E-state index in [2.05, 4.69) is 0 Å². The van der Waals surface area contributed by atoms with Crippen LogP contribution in [0.25, 0.3) is 0 Å². The van der Waals surface area contributed by atoms with Crippen molar-refractivity contribution >= 4 is 28.4 Å². The minimum absolute atomic E-state index is 1.72. The molecule has 11 heavy (non-hydrogen) atoms. The van der Waals surface area contributed by atoms with Gasteiger partial charge in [0.2, 0.25) is 0 Å².